The van der Waals surface area contributed by atoms with Gasteiger partial charge in [0.2, 0.25) is 6.41 Å². The van der Waals surface area contributed by atoms with Crippen LogP contribution >= 0.6 is 11.6 Å². The largest absolute Gasteiger partial charge is 0.329 e. The molecule has 0 aliphatic carbocycles. The van der Waals surface area contributed by atoms with Crippen LogP contribution in [0.1, 0.15) is 20.7 Å². The van der Waals surface area contributed by atoms with E-state index in [0.717, 1.165) is 4.90 Å². The first-order valence-electron chi connectivity index (χ1n) is 6.10. The van der Waals surface area contributed by atoms with E-state index >= 15 is 0 Å². The van der Waals surface area contributed by atoms with Crippen LogP contribution in [-0.2, 0) is 4.79 Å². The van der Waals surface area contributed by atoms with Crippen molar-refractivity contribution in [3.05, 3.63) is 58.6 Å². The summed E-state index contributed by atoms with van der Waals surface area (Å²) in [6.07, 6.45) is 0.555. The molecular formula is C15H9ClN2O3. The Morgan fingerprint density at radius 2 is 1.62 bits per heavy atom. The molecule has 5 nitrogen and oxygen atoms in total. The molecular weight excluding hydrogens is 292 g/mol. The third kappa shape index (κ3) is 2.17. The van der Waals surface area contributed by atoms with Crippen LogP contribution in [0.15, 0.2) is 42.5 Å². The smallest absolute Gasteiger partial charge is 0.266 e. The van der Waals surface area contributed by atoms with Gasteiger partial charge in [-0.2, -0.15) is 0 Å². The van der Waals surface area contributed by atoms with E-state index in [0.29, 0.717) is 33.9 Å². The Morgan fingerprint density at radius 3 is 2.29 bits per heavy atom. The van der Waals surface area contributed by atoms with Gasteiger partial charge in [0.25, 0.3) is 11.8 Å². The van der Waals surface area contributed by atoms with Crippen molar-refractivity contribution in [2.75, 3.05) is 10.2 Å². The summed E-state index contributed by atoms with van der Waals surface area (Å²) in [5, 5.41) is 2.89. The summed E-state index contributed by atoms with van der Waals surface area (Å²) in [6, 6.07) is 11.0. The number of fused-ring (bicyclic) bond motifs is 1. The zero-order chi connectivity index (χ0) is 15.0. The summed E-state index contributed by atoms with van der Waals surface area (Å²) in [5.74, 6) is -0.795. The topological polar surface area (TPSA) is 66.5 Å². The van der Waals surface area contributed by atoms with Crippen molar-refractivity contribution >= 4 is 41.2 Å². The zero-order valence-electron chi connectivity index (χ0n) is 10.7. The Morgan fingerprint density at radius 1 is 0.952 bits per heavy atom. The Balaban J connectivity index is 1.99. The van der Waals surface area contributed by atoms with E-state index in [1.165, 1.54) is 6.07 Å². The Labute approximate surface area is 125 Å². The molecule has 1 N–H and O–H groups in total. The third-order valence-electron chi connectivity index (χ3n) is 3.20. The molecule has 0 unspecified atom stereocenters. The van der Waals surface area contributed by atoms with Crippen molar-refractivity contribution in [2.45, 2.75) is 0 Å². The van der Waals surface area contributed by atoms with E-state index in [1.807, 2.05) is 0 Å². The standard InChI is InChI=1S/C15H9ClN2O3/c16-9-1-6-12-13(7-9)15(21)18(14(12)20)11-4-2-10(3-5-11)17-8-19/h1-8H,(H,17,19). The van der Waals surface area contributed by atoms with E-state index in [1.54, 1.807) is 36.4 Å². The second-order valence-corrected chi connectivity index (χ2v) is 4.88. The Bertz CT molecular complexity index is 756. The predicted octanol–water partition coefficient (Wildman–Crippen LogP) is 2.71. The third-order valence-corrected chi connectivity index (χ3v) is 3.43. The number of carbonyl (C=O) groups is 3. The molecule has 1 aliphatic heterocycles. The lowest BCUT2D eigenvalue weighted by molar-refractivity contribution is -0.105. The van der Waals surface area contributed by atoms with Gasteiger partial charge in [0, 0.05) is 10.7 Å². The summed E-state index contributed by atoms with van der Waals surface area (Å²) in [7, 11) is 0. The SMILES string of the molecule is O=CNc1ccc(N2C(=O)c3ccc(Cl)cc3C2=O)cc1. The maximum absolute atomic E-state index is 12.3. The summed E-state index contributed by atoms with van der Waals surface area (Å²) >= 11 is 5.86. The number of amides is 3. The molecule has 3 amide bonds. The fraction of sp³-hybridized carbons (Fsp3) is 0. The number of anilines is 2. The first-order chi connectivity index (χ1) is 10.1. The highest BCUT2D eigenvalue weighted by Gasteiger charge is 2.36. The predicted molar refractivity (Wildman–Crippen MR) is 78.7 cm³/mol. The van der Waals surface area contributed by atoms with E-state index in [9.17, 15) is 14.4 Å². The number of rotatable bonds is 3. The van der Waals surface area contributed by atoms with Crippen LogP contribution in [0.4, 0.5) is 11.4 Å². The average molecular weight is 301 g/mol. The van der Waals surface area contributed by atoms with Crippen molar-refractivity contribution in [3.8, 4) is 0 Å². The fourth-order valence-electron chi connectivity index (χ4n) is 2.22. The molecule has 3 rings (SSSR count). The second kappa shape index (κ2) is 5.03. The van der Waals surface area contributed by atoms with Crippen LogP contribution in [0.5, 0.6) is 0 Å². The molecule has 0 fully saturated rings. The van der Waals surface area contributed by atoms with Crippen LogP contribution < -0.4 is 10.2 Å². The van der Waals surface area contributed by atoms with Crippen molar-refractivity contribution < 1.29 is 14.4 Å². The van der Waals surface area contributed by atoms with Gasteiger partial charge in [-0.25, -0.2) is 4.90 Å². The number of nitrogens with zero attached hydrogens (tertiary/aromatic N) is 1. The molecule has 1 aliphatic rings. The lowest BCUT2D eigenvalue weighted by Crippen LogP contribution is -2.29. The molecule has 21 heavy (non-hydrogen) atoms. The van der Waals surface area contributed by atoms with Crippen molar-refractivity contribution in [2.24, 2.45) is 0 Å². The highest BCUT2D eigenvalue weighted by Crippen LogP contribution is 2.30. The molecule has 0 atom stereocenters. The number of hydrogen-bond acceptors (Lipinski definition) is 3. The molecule has 0 spiro atoms. The van der Waals surface area contributed by atoms with E-state index < -0.39 is 5.91 Å². The maximum atomic E-state index is 12.3. The molecule has 0 bridgehead atoms. The molecule has 6 heteroatoms. The quantitative estimate of drug-likeness (QED) is 0.700. The minimum Gasteiger partial charge on any atom is -0.329 e. The lowest BCUT2D eigenvalue weighted by atomic mass is 10.1. The van der Waals surface area contributed by atoms with E-state index in [4.69, 9.17) is 11.6 Å². The molecule has 2 aromatic carbocycles. The van der Waals surface area contributed by atoms with Gasteiger partial charge in [0.1, 0.15) is 0 Å². The number of benzene rings is 2. The fourth-order valence-corrected chi connectivity index (χ4v) is 2.39. The molecule has 0 saturated heterocycles. The minimum absolute atomic E-state index is 0.294. The summed E-state index contributed by atoms with van der Waals surface area (Å²) in [4.78, 5) is 36.1. The minimum atomic E-state index is -0.409. The van der Waals surface area contributed by atoms with Crippen LogP contribution in [0.3, 0.4) is 0 Å². The maximum Gasteiger partial charge on any atom is 0.266 e. The molecule has 0 aromatic heterocycles. The summed E-state index contributed by atoms with van der Waals surface area (Å²) in [5.41, 5.74) is 1.64. The van der Waals surface area contributed by atoms with Gasteiger partial charge in [-0.3, -0.25) is 14.4 Å². The molecule has 0 radical (unpaired) electrons. The first kappa shape index (κ1) is 13.3. The highest BCUT2D eigenvalue weighted by molar-refractivity contribution is 6.36. The highest BCUT2D eigenvalue weighted by atomic mass is 35.5. The number of halogens is 1. The lowest BCUT2D eigenvalue weighted by Gasteiger charge is -2.14. The molecule has 104 valence electrons. The second-order valence-electron chi connectivity index (χ2n) is 4.44. The van der Waals surface area contributed by atoms with Crippen LogP contribution in [0, 0.1) is 0 Å². The first-order valence-corrected chi connectivity index (χ1v) is 6.48. The van der Waals surface area contributed by atoms with Gasteiger partial charge in [0.15, 0.2) is 0 Å². The van der Waals surface area contributed by atoms with Gasteiger partial charge >= 0.3 is 0 Å². The zero-order valence-corrected chi connectivity index (χ0v) is 11.4. The van der Waals surface area contributed by atoms with Crippen LogP contribution in [0.2, 0.25) is 5.02 Å². The van der Waals surface area contributed by atoms with E-state index in [-0.39, 0.29) is 5.91 Å². The number of nitrogens with one attached hydrogen (secondary N) is 1. The van der Waals surface area contributed by atoms with Crippen molar-refractivity contribution in [3.63, 3.8) is 0 Å². The van der Waals surface area contributed by atoms with Gasteiger partial charge < -0.3 is 5.32 Å². The van der Waals surface area contributed by atoms with Gasteiger partial charge in [0.05, 0.1) is 16.8 Å². The summed E-state index contributed by atoms with van der Waals surface area (Å²) in [6.45, 7) is 0. The monoisotopic (exact) mass is 300 g/mol. The number of carbonyl (C=O) groups excluding carboxylic acids is 3. The normalized spacial score (nSPS) is 13.3. The van der Waals surface area contributed by atoms with Crippen LogP contribution in [0.25, 0.3) is 0 Å². The summed E-state index contributed by atoms with van der Waals surface area (Å²) < 4.78 is 0. The molecule has 1 heterocycles. The van der Waals surface area contributed by atoms with E-state index in [2.05, 4.69) is 5.32 Å². The Kier molecular flexibility index (Phi) is 3.19. The van der Waals surface area contributed by atoms with Gasteiger partial charge in [-0.15, -0.1) is 0 Å². The van der Waals surface area contributed by atoms with Crippen LogP contribution in [-0.4, -0.2) is 18.2 Å². The Hall–Kier alpha value is -2.66. The number of imide groups is 1. The van der Waals surface area contributed by atoms with Gasteiger partial charge in [-0.1, -0.05) is 11.6 Å². The molecule has 2 aromatic rings. The van der Waals surface area contributed by atoms with Crippen molar-refractivity contribution in [1.29, 1.82) is 0 Å². The van der Waals surface area contributed by atoms with Crippen molar-refractivity contribution in [1.82, 2.24) is 0 Å². The molecule has 0 saturated carbocycles. The average Bonchev–Trinajstić information content (AvgIpc) is 2.72. The number of hydrogen-bond donors (Lipinski definition) is 1. The van der Waals surface area contributed by atoms with Gasteiger partial charge in [-0.05, 0) is 42.5 Å².